The molecule has 0 radical (unpaired) electrons. The van der Waals surface area contributed by atoms with Crippen LogP contribution in [-0.4, -0.2) is 63.2 Å². The molecule has 1 spiro atoms. The Morgan fingerprint density at radius 1 is 1.17 bits per heavy atom. The zero-order chi connectivity index (χ0) is 25.1. The van der Waals surface area contributed by atoms with Crippen LogP contribution in [0.2, 0.25) is 0 Å². The monoisotopic (exact) mass is 515 g/mol. The Hall–Kier alpha value is -3.25. The Labute approximate surface area is 207 Å². The van der Waals surface area contributed by atoms with Crippen molar-refractivity contribution in [1.82, 2.24) is 24.8 Å². The molecule has 0 amide bonds. The lowest BCUT2D eigenvalue weighted by molar-refractivity contribution is -0.255. The van der Waals surface area contributed by atoms with Crippen LogP contribution < -0.4 is 10.0 Å². The van der Waals surface area contributed by atoms with Gasteiger partial charge in [0.15, 0.2) is 5.82 Å². The molecule has 1 atom stereocenters. The van der Waals surface area contributed by atoms with E-state index < -0.39 is 18.6 Å². The van der Waals surface area contributed by atoms with Gasteiger partial charge < -0.3 is 19.8 Å². The largest absolute Gasteiger partial charge is 0.543 e. The fourth-order valence-electron chi connectivity index (χ4n) is 5.52. The number of aromatic carboxylic acids is 1. The van der Waals surface area contributed by atoms with Gasteiger partial charge in [0.1, 0.15) is 21.7 Å². The molecule has 1 aromatic carbocycles. The van der Waals surface area contributed by atoms with E-state index in [1.54, 1.807) is 6.07 Å². The van der Waals surface area contributed by atoms with Gasteiger partial charge in [-0.05, 0) is 37.1 Å². The smallest absolute Gasteiger partial charge is 0.395 e. The number of benzene rings is 1. The van der Waals surface area contributed by atoms with Gasteiger partial charge in [-0.2, -0.15) is 13.2 Å². The number of carbonyl (C=O) groups is 1. The Morgan fingerprint density at radius 3 is 2.81 bits per heavy atom. The highest BCUT2D eigenvalue weighted by Gasteiger charge is 2.44. The quantitative estimate of drug-likeness (QED) is 0.436. The number of carboxylic acid groups (broad SMARTS) is 1. The molecule has 1 unspecified atom stereocenters. The highest BCUT2D eigenvalue weighted by molar-refractivity contribution is 7.18. The van der Waals surface area contributed by atoms with E-state index >= 15 is 0 Å². The fourth-order valence-corrected chi connectivity index (χ4v) is 6.45. The van der Waals surface area contributed by atoms with Gasteiger partial charge in [0.2, 0.25) is 0 Å². The molecular weight excluding hydrogens is 493 g/mol. The van der Waals surface area contributed by atoms with Crippen LogP contribution in [0.5, 0.6) is 0 Å². The van der Waals surface area contributed by atoms with Crippen molar-refractivity contribution >= 4 is 44.4 Å². The zero-order valence-electron chi connectivity index (χ0n) is 19.1. The van der Waals surface area contributed by atoms with Gasteiger partial charge >= 0.3 is 6.18 Å². The summed E-state index contributed by atoms with van der Waals surface area (Å²) in [6.07, 6.45) is -1.97. The highest BCUT2D eigenvalue weighted by atomic mass is 32.1. The molecule has 5 heterocycles. The number of carboxylic acids is 1. The molecule has 4 aromatic rings. The summed E-state index contributed by atoms with van der Waals surface area (Å²) in [5.74, 6) is -0.615. The SMILES string of the molecule is O=C([O-])c1cc2ccc(CN3CCC4(CCN(c5ncnc6sc(CC(F)(F)F)nc56)C4)C3)cc2[nH]1. The number of thiazole rings is 1. The van der Waals surface area contributed by atoms with Crippen molar-refractivity contribution in [2.75, 3.05) is 31.1 Å². The van der Waals surface area contributed by atoms with Gasteiger partial charge in [-0.25, -0.2) is 15.0 Å². The summed E-state index contributed by atoms with van der Waals surface area (Å²) in [5.41, 5.74) is 2.47. The minimum atomic E-state index is -4.31. The number of hydrogen-bond donors (Lipinski definition) is 1. The maximum Gasteiger partial charge on any atom is 0.395 e. The number of rotatable bonds is 5. The number of anilines is 1. The average molecular weight is 516 g/mol. The molecule has 0 bridgehead atoms. The van der Waals surface area contributed by atoms with Gasteiger partial charge in [0, 0.05) is 42.5 Å². The first-order valence-electron chi connectivity index (χ1n) is 11.6. The minimum Gasteiger partial charge on any atom is -0.543 e. The molecule has 1 N–H and O–H groups in total. The summed E-state index contributed by atoms with van der Waals surface area (Å²) in [7, 11) is 0. The third kappa shape index (κ3) is 4.39. The van der Waals surface area contributed by atoms with Crippen LogP contribution in [0.4, 0.5) is 19.0 Å². The van der Waals surface area contributed by atoms with Crippen molar-refractivity contribution in [2.45, 2.75) is 32.0 Å². The Kier molecular flexibility index (Phi) is 5.41. The summed E-state index contributed by atoms with van der Waals surface area (Å²) in [5, 5.41) is 12.0. The number of nitrogens with one attached hydrogen (secondary N) is 1. The van der Waals surface area contributed by atoms with E-state index in [0.717, 1.165) is 73.4 Å². The van der Waals surface area contributed by atoms with Gasteiger partial charge in [-0.15, -0.1) is 0 Å². The van der Waals surface area contributed by atoms with Gasteiger partial charge in [0.25, 0.3) is 0 Å². The fraction of sp³-hybridized carbons (Fsp3) is 0.417. The number of aromatic amines is 1. The first-order chi connectivity index (χ1) is 17.2. The zero-order valence-corrected chi connectivity index (χ0v) is 20.0. The minimum absolute atomic E-state index is 0.00553. The standard InChI is InChI=1S/C24H23F3N6O2S/c25-24(26,27)9-18-31-19-20(28-13-29-21(19)36-18)33-6-4-23(12-33)3-5-32(11-23)10-14-1-2-15-8-17(22(34)35)30-16(15)7-14/h1-2,7-8,13,30H,3-6,9-12H2,(H,34,35)/p-1. The topological polar surface area (TPSA) is 101 Å². The van der Waals surface area contributed by atoms with Crippen molar-refractivity contribution in [1.29, 1.82) is 0 Å². The van der Waals surface area contributed by atoms with Crippen LogP contribution in [0.1, 0.15) is 33.9 Å². The predicted octanol–water partition coefficient (Wildman–Crippen LogP) is 3.14. The summed E-state index contributed by atoms with van der Waals surface area (Å²) < 4.78 is 38.6. The number of likely N-dealkylation sites (tertiary alicyclic amines) is 1. The van der Waals surface area contributed by atoms with Crippen LogP contribution in [0.15, 0.2) is 30.6 Å². The molecule has 188 valence electrons. The summed E-state index contributed by atoms with van der Waals surface area (Å²) in [4.78, 5) is 31.8. The second-order valence-electron chi connectivity index (χ2n) is 9.77. The molecule has 2 aliphatic rings. The van der Waals surface area contributed by atoms with Crippen molar-refractivity contribution in [3.63, 3.8) is 0 Å². The maximum atomic E-state index is 12.9. The number of carbonyl (C=O) groups excluding carboxylic acids is 1. The lowest BCUT2D eigenvalue weighted by atomic mass is 9.86. The normalized spacial score (nSPS) is 20.9. The molecule has 6 rings (SSSR count). The van der Waals surface area contributed by atoms with E-state index in [9.17, 15) is 23.1 Å². The number of alkyl halides is 3. The average Bonchev–Trinajstić information content (AvgIpc) is 3.58. The van der Waals surface area contributed by atoms with Crippen molar-refractivity contribution < 1.29 is 23.1 Å². The molecule has 36 heavy (non-hydrogen) atoms. The summed E-state index contributed by atoms with van der Waals surface area (Å²) >= 11 is 0.971. The number of halogens is 3. The molecule has 2 fully saturated rings. The van der Waals surface area contributed by atoms with Crippen LogP contribution in [0.3, 0.4) is 0 Å². The van der Waals surface area contributed by atoms with Crippen LogP contribution >= 0.6 is 11.3 Å². The Morgan fingerprint density at radius 2 is 2.00 bits per heavy atom. The second kappa shape index (κ2) is 8.41. The summed E-state index contributed by atoms with van der Waals surface area (Å²) in [6.45, 7) is 4.13. The predicted molar refractivity (Wildman–Crippen MR) is 127 cm³/mol. The molecule has 12 heteroatoms. The van der Waals surface area contributed by atoms with Crippen LogP contribution in [-0.2, 0) is 13.0 Å². The maximum absolute atomic E-state index is 12.9. The van der Waals surface area contributed by atoms with Gasteiger partial charge in [-0.3, -0.25) is 4.90 Å². The van der Waals surface area contributed by atoms with E-state index in [1.165, 1.54) is 6.33 Å². The number of fused-ring (bicyclic) bond motifs is 2. The number of aromatic nitrogens is 4. The number of hydrogen-bond acceptors (Lipinski definition) is 8. The van der Waals surface area contributed by atoms with E-state index in [-0.39, 0.29) is 16.1 Å². The summed E-state index contributed by atoms with van der Waals surface area (Å²) in [6, 6.07) is 7.48. The molecule has 8 nitrogen and oxygen atoms in total. The lowest BCUT2D eigenvalue weighted by Crippen LogP contribution is -2.31. The lowest BCUT2D eigenvalue weighted by Gasteiger charge is -2.25. The highest BCUT2D eigenvalue weighted by Crippen LogP contribution is 2.42. The molecule has 3 aromatic heterocycles. The molecule has 0 aliphatic carbocycles. The Bertz CT molecular complexity index is 1470. The molecule has 0 saturated carbocycles. The van der Waals surface area contributed by atoms with Crippen LogP contribution in [0, 0.1) is 5.41 Å². The number of nitrogens with zero attached hydrogens (tertiary/aromatic N) is 5. The van der Waals surface area contributed by atoms with Crippen molar-refractivity contribution in [2.24, 2.45) is 5.41 Å². The third-order valence-electron chi connectivity index (χ3n) is 7.14. The molecule has 2 aliphatic heterocycles. The van der Waals surface area contributed by atoms with Crippen molar-refractivity contribution in [3.05, 3.63) is 46.9 Å². The second-order valence-corrected chi connectivity index (χ2v) is 10.8. The van der Waals surface area contributed by atoms with E-state index in [4.69, 9.17) is 0 Å². The molecular formula is C24H22F3N6O2S-. The van der Waals surface area contributed by atoms with Gasteiger partial charge in [0.05, 0.1) is 18.1 Å². The van der Waals surface area contributed by atoms with Gasteiger partial charge in [-0.1, -0.05) is 23.5 Å². The van der Waals surface area contributed by atoms with E-state index in [2.05, 4.69) is 29.7 Å². The number of H-pyrrole nitrogens is 1. The first-order valence-corrected chi connectivity index (χ1v) is 12.5. The van der Waals surface area contributed by atoms with E-state index in [1.807, 2.05) is 18.2 Å². The third-order valence-corrected chi connectivity index (χ3v) is 8.10. The van der Waals surface area contributed by atoms with E-state index in [0.29, 0.717) is 16.2 Å². The van der Waals surface area contributed by atoms with Crippen LogP contribution in [0.25, 0.3) is 21.3 Å². The molecule has 2 saturated heterocycles. The Balaban J connectivity index is 1.16. The first kappa shape index (κ1) is 23.2. The van der Waals surface area contributed by atoms with Crippen molar-refractivity contribution in [3.8, 4) is 0 Å².